The molecular weight excluding hydrogens is 372 g/mol. The molecule has 1 saturated heterocycles. The van der Waals surface area contributed by atoms with Crippen LogP contribution in [-0.2, 0) is 9.53 Å². The number of aryl methyl sites for hydroxylation is 1. The molecule has 1 atom stereocenters. The molecule has 0 saturated carbocycles. The summed E-state index contributed by atoms with van der Waals surface area (Å²) in [5, 5.41) is 5.12. The smallest absolute Gasteiger partial charge is 0.258 e. The predicted molar refractivity (Wildman–Crippen MR) is 113 cm³/mol. The fourth-order valence-corrected chi connectivity index (χ4v) is 4.44. The van der Waals surface area contributed by atoms with Gasteiger partial charge >= 0.3 is 0 Å². The van der Waals surface area contributed by atoms with E-state index in [-0.39, 0.29) is 18.6 Å². The molecular formula is C22H30N2O3S. The van der Waals surface area contributed by atoms with Gasteiger partial charge in [0.15, 0.2) is 6.61 Å². The molecule has 1 aromatic heterocycles. The highest BCUT2D eigenvalue weighted by Crippen LogP contribution is 2.26. The third-order valence-electron chi connectivity index (χ3n) is 5.08. The van der Waals surface area contributed by atoms with Crippen LogP contribution in [0.1, 0.15) is 41.8 Å². The maximum absolute atomic E-state index is 12.4. The van der Waals surface area contributed by atoms with Gasteiger partial charge in [-0.05, 0) is 47.5 Å². The Labute approximate surface area is 171 Å². The molecule has 1 fully saturated rings. The van der Waals surface area contributed by atoms with Crippen LogP contribution in [0.5, 0.6) is 5.75 Å². The molecule has 0 radical (unpaired) electrons. The number of benzene rings is 1. The quantitative estimate of drug-likeness (QED) is 0.731. The van der Waals surface area contributed by atoms with Crippen molar-refractivity contribution in [1.29, 1.82) is 0 Å². The fourth-order valence-electron chi connectivity index (χ4n) is 3.58. The minimum absolute atomic E-state index is 0.0285. The standard InChI is InChI=1S/C22H30N2O3S/c1-16(2)19-7-6-18(13-17(19)3)27-15-22(25)23-14-20(21-5-4-12-28-21)24-8-10-26-11-9-24/h4-7,12-13,16,20H,8-11,14-15H2,1-3H3,(H,23,25)/t20-/m1/s1. The van der Waals surface area contributed by atoms with Gasteiger partial charge in [0, 0.05) is 24.5 Å². The number of nitrogens with one attached hydrogen (secondary N) is 1. The van der Waals surface area contributed by atoms with E-state index in [2.05, 4.69) is 54.6 Å². The molecule has 28 heavy (non-hydrogen) atoms. The molecule has 0 aliphatic carbocycles. The molecule has 2 heterocycles. The summed E-state index contributed by atoms with van der Waals surface area (Å²) >= 11 is 1.73. The number of carbonyl (C=O) groups is 1. The number of thiophene rings is 1. The zero-order valence-electron chi connectivity index (χ0n) is 16.9. The van der Waals surface area contributed by atoms with Gasteiger partial charge in [-0.15, -0.1) is 11.3 Å². The average Bonchev–Trinajstić information content (AvgIpc) is 3.21. The summed E-state index contributed by atoms with van der Waals surface area (Å²) in [5.74, 6) is 1.12. The molecule has 1 aliphatic rings. The summed E-state index contributed by atoms with van der Waals surface area (Å²) in [5.41, 5.74) is 2.50. The highest BCUT2D eigenvalue weighted by atomic mass is 32.1. The van der Waals surface area contributed by atoms with Crippen molar-refractivity contribution < 1.29 is 14.3 Å². The van der Waals surface area contributed by atoms with Crippen LogP contribution in [0.4, 0.5) is 0 Å². The number of morpholine rings is 1. The molecule has 1 aromatic carbocycles. The molecule has 1 N–H and O–H groups in total. The first-order chi connectivity index (χ1) is 13.5. The van der Waals surface area contributed by atoms with Crippen molar-refractivity contribution >= 4 is 17.2 Å². The van der Waals surface area contributed by atoms with Crippen molar-refractivity contribution in [1.82, 2.24) is 10.2 Å². The first-order valence-corrected chi connectivity index (χ1v) is 10.8. The van der Waals surface area contributed by atoms with Gasteiger partial charge in [0.1, 0.15) is 5.75 Å². The summed E-state index contributed by atoms with van der Waals surface area (Å²) in [7, 11) is 0. The molecule has 1 aliphatic heterocycles. The van der Waals surface area contributed by atoms with Crippen LogP contribution in [0.25, 0.3) is 0 Å². The van der Waals surface area contributed by atoms with Gasteiger partial charge in [0.05, 0.1) is 19.3 Å². The zero-order chi connectivity index (χ0) is 19.9. The van der Waals surface area contributed by atoms with E-state index in [1.165, 1.54) is 16.0 Å². The number of ether oxygens (including phenoxy) is 2. The Morgan fingerprint density at radius 1 is 1.29 bits per heavy atom. The van der Waals surface area contributed by atoms with Crippen LogP contribution in [-0.4, -0.2) is 50.3 Å². The van der Waals surface area contributed by atoms with Crippen molar-refractivity contribution in [2.24, 2.45) is 0 Å². The SMILES string of the molecule is Cc1cc(OCC(=O)NC[C@H](c2cccs2)N2CCOCC2)ccc1C(C)C. The van der Waals surface area contributed by atoms with Gasteiger partial charge in [0.2, 0.25) is 0 Å². The van der Waals surface area contributed by atoms with Crippen LogP contribution in [0.3, 0.4) is 0 Å². The van der Waals surface area contributed by atoms with Gasteiger partial charge < -0.3 is 14.8 Å². The van der Waals surface area contributed by atoms with Gasteiger partial charge in [-0.2, -0.15) is 0 Å². The van der Waals surface area contributed by atoms with Gasteiger partial charge in [-0.1, -0.05) is 26.0 Å². The largest absolute Gasteiger partial charge is 0.484 e. The molecule has 6 heteroatoms. The maximum Gasteiger partial charge on any atom is 0.258 e. The molecule has 0 bridgehead atoms. The summed E-state index contributed by atoms with van der Waals surface area (Å²) in [6, 6.07) is 10.4. The summed E-state index contributed by atoms with van der Waals surface area (Å²) < 4.78 is 11.2. The Morgan fingerprint density at radius 2 is 2.07 bits per heavy atom. The Bertz CT molecular complexity index is 755. The lowest BCUT2D eigenvalue weighted by atomic mass is 9.98. The fraction of sp³-hybridized carbons (Fsp3) is 0.500. The Morgan fingerprint density at radius 3 is 2.71 bits per heavy atom. The van der Waals surface area contributed by atoms with E-state index in [1.807, 2.05) is 12.1 Å². The van der Waals surface area contributed by atoms with Crippen LogP contribution in [0.2, 0.25) is 0 Å². The van der Waals surface area contributed by atoms with Crippen LogP contribution < -0.4 is 10.1 Å². The monoisotopic (exact) mass is 402 g/mol. The Hall–Kier alpha value is -1.89. The lowest BCUT2D eigenvalue weighted by molar-refractivity contribution is -0.123. The van der Waals surface area contributed by atoms with E-state index in [0.717, 1.165) is 32.1 Å². The van der Waals surface area contributed by atoms with Crippen molar-refractivity contribution in [2.75, 3.05) is 39.5 Å². The Balaban J connectivity index is 1.52. The first-order valence-electron chi connectivity index (χ1n) is 9.90. The summed E-state index contributed by atoms with van der Waals surface area (Å²) in [6.07, 6.45) is 0. The molecule has 0 unspecified atom stereocenters. The topological polar surface area (TPSA) is 50.8 Å². The number of hydrogen-bond acceptors (Lipinski definition) is 5. The number of hydrogen-bond donors (Lipinski definition) is 1. The van der Waals surface area contributed by atoms with E-state index in [4.69, 9.17) is 9.47 Å². The molecule has 5 nitrogen and oxygen atoms in total. The third kappa shape index (κ3) is 5.56. The van der Waals surface area contributed by atoms with E-state index >= 15 is 0 Å². The van der Waals surface area contributed by atoms with Crippen molar-refractivity contribution in [2.45, 2.75) is 32.7 Å². The van der Waals surface area contributed by atoms with Gasteiger partial charge in [0.25, 0.3) is 5.91 Å². The summed E-state index contributed by atoms with van der Waals surface area (Å²) in [6.45, 7) is 10.3. The molecule has 0 spiro atoms. The second kappa shape index (κ2) is 10.0. The molecule has 1 amide bonds. The minimum atomic E-state index is -0.0968. The predicted octanol–water partition coefficient (Wildman–Crippen LogP) is 3.75. The lowest BCUT2D eigenvalue weighted by Gasteiger charge is -2.34. The zero-order valence-corrected chi connectivity index (χ0v) is 17.8. The van der Waals surface area contributed by atoms with E-state index < -0.39 is 0 Å². The number of carbonyl (C=O) groups excluding carboxylic acids is 1. The maximum atomic E-state index is 12.4. The Kier molecular flexibility index (Phi) is 7.48. The second-order valence-electron chi connectivity index (χ2n) is 7.45. The third-order valence-corrected chi connectivity index (χ3v) is 6.06. The first kappa shape index (κ1) is 20.8. The van der Waals surface area contributed by atoms with E-state index in [0.29, 0.717) is 12.5 Å². The molecule has 2 aromatic rings. The highest BCUT2D eigenvalue weighted by Gasteiger charge is 2.24. The van der Waals surface area contributed by atoms with E-state index in [9.17, 15) is 4.79 Å². The van der Waals surface area contributed by atoms with E-state index in [1.54, 1.807) is 11.3 Å². The van der Waals surface area contributed by atoms with Crippen molar-refractivity contribution in [3.63, 3.8) is 0 Å². The molecule has 3 rings (SSSR count). The lowest BCUT2D eigenvalue weighted by Crippen LogP contribution is -2.44. The van der Waals surface area contributed by atoms with Crippen LogP contribution >= 0.6 is 11.3 Å². The normalized spacial score (nSPS) is 16.1. The molecule has 152 valence electrons. The number of rotatable bonds is 8. The van der Waals surface area contributed by atoms with Crippen molar-refractivity contribution in [3.05, 3.63) is 51.7 Å². The van der Waals surface area contributed by atoms with Crippen LogP contribution in [0.15, 0.2) is 35.7 Å². The van der Waals surface area contributed by atoms with Crippen molar-refractivity contribution in [3.8, 4) is 5.75 Å². The summed E-state index contributed by atoms with van der Waals surface area (Å²) in [4.78, 5) is 16.0. The average molecular weight is 403 g/mol. The van der Waals surface area contributed by atoms with Gasteiger partial charge in [-0.3, -0.25) is 9.69 Å². The number of amides is 1. The number of nitrogens with zero attached hydrogens (tertiary/aromatic N) is 1. The minimum Gasteiger partial charge on any atom is -0.484 e. The van der Waals surface area contributed by atoms with Crippen LogP contribution in [0, 0.1) is 6.92 Å². The van der Waals surface area contributed by atoms with Gasteiger partial charge in [-0.25, -0.2) is 0 Å². The second-order valence-corrected chi connectivity index (χ2v) is 8.42. The highest BCUT2D eigenvalue weighted by molar-refractivity contribution is 7.10.